The van der Waals surface area contributed by atoms with E-state index in [-0.39, 0.29) is 65.8 Å². The molecule has 0 spiro atoms. The molecule has 0 saturated carbocycles. The summed E-state index contributed by atoms with van der Waals surface area (Å²) < 4.78 is 15.2. The van der Waals surface area contributed by atoms with Gasteiger partial charge in [-0.25, -0.2) is 4.63 Å². The Hall–Kier alpha value is -3.90. The van der Waals surface area contributed by atoms with Gasteiger partial charge in [0, 0.05) is 11.1 Å². The van der Waals surface area contributed by atoms with Gasteiger partial charge in [0.2, 0.25) is 11.6 Å². The molecule has 0 unspecified atom stereocenters. The lowest BCUT2D eigenvalue weighted by Crippen LogP contribution is -2.18. The summed E-state index contributed by atoms with van der Waals surface area (Å²) in [5.41, 5.74) is 0.922. The van der Waals surface area contributed by atoms with E-state index < -0.39 is 11.8 Å². The van der Waals surface area contributed by atoms with Crippen molar-refractivity contribution in [1.82, 2.24) is 20.6 Å². The lowest BCUT2D eigenvalue weighted by atomic mass is 10.1. The number of halogens is 4. The number of aromatic nitrogens is 4. The third-order valence-electron chi connectivity index (χ3n) is 5.53. The molecule has 198 valence electrons. The Balaban J connectivity index is 1.43. The highest BCUT2D eigenvalue weighted by molar-refractivity contribution is 6.40. The predicted molar refractivity (Wildman–Crippen MR) is 144 cm³/mol. The Labute approximate surface area is 239 Å². The maximum absolute atomic E-state index is 13.3. The fourth-order valence-electron chi connectivity index (χ4n) is 3.76. The van der Waals surface area contributed by atoms with Crippen LogP contribution in [0.5, 0.6) is 0 Å². The van der Waals surface area contributed by atoms with Crippen LogP contribution in [0, 0.1) is 13.8 Å². The van der Waals surface area contributed by atoms with Crippen LogP contribution in [0.3, 0.4) is 0 Å². The second-order valence-electron chi connectivity index (χ2n) is 7.99. The number of amides is 2. The molecule has 0 saturated heterocycles. The molecule has 2 aromatic carbocycles. The highest BCUT2D eigenvalue weighted by atomic mass is 35.5. The molecule has 5 rings (SSSR count). The van der Waals surface area contributed by atoms with Gasteiger partial charge >= 0.3 is 0 Å². The van der Waals surface area contributed by atoms with Crippen LogP contribution in [0.25, 0.3) is 22.5 Å². The van der Waals surface area contributed by atoms with Gasteiger partial charge in [0.25, 0.3) is 11.8 Å². The molecule has 0 aliphatic carbocycles. The van der Waals surface area contributed by atoms with Crippen LogP contribution in [0.2, 0.25) is 20.1 Å². The molecule has 3 aromatic heterocycles. The van der Waals surface area contributed by atoms with Crippen LogP contribution in [-0.2, 0) is 0 Å². The molecule has 3 heterocycles. The molecule has 0 aliphatic rings. The van der Waals surface area contributed by atoms with Crippen molar-refractivity contribution in [1.29, 1.82) is 0 Å². The fraction of sp³-hybridized carbons (Fsp3) is 0.0833. The van der Waals surface area contributed by atoms with Crippen molar-refractivity contribution in [2.75, 3.05) is 10.6 Å². The van der Waals surface area contributed by atoms with E-state index in [9.17, 15) is 9.59 Å². The number of rotatable bonds is 6. The van der Waals surface area contributed by atoms with Crippen molar-refractivity contribution < 1.29 is 23.3 Å². The number of nitrogens with zero attached hydrogens (tertiary/aromatic N) is 4. The minimum Gasteiger partial charge on any atom is -0.360 e. The largest absolute Gasteiger partial charge is 0.360 e. The SMILES string of the molecule is Cc1onc(-c2c(Cl)cccc2Cl)c1C(=O)Nc1nonc1NC(=O)c1c(-c2c(Cl)cccc2Cl)noc1C. The van der Waals surface area contributed by atoms with Gasteiger partial charge < -0.3 is 19.7 Å². The van der Waals surface area contributed by atoms with Crippen molar-refractivity contribution in [2.45, 2.75) is 13.8 Å². The molecular formula is C24H14Cl4N6O5. The lowest BCUT2D eigenvalue weighted by Gasteiger charge is -2.08. The van der Waals surface area contributed by atoms with E-state index >= 15 is 0 Å². The number of hydrogen-bond donors (Lipinski definition) is 2. The van der Waals surface area contributed by atoms with Crippen LogP contribution >= 0.6 is 46.4 Å². The molecule has 5 aromatic rings. The summed E-state index contributed by atoms with van der Waals surface area (Å²) in [5.74, 6) is -1.43. The van der Waals surface area contributed by atoms with Gasteiger partial charge in [0.15, 0.2) is 0 Å². The monoisotopic (exact) mass is 606 g/mol. The summed E-state index contributed by atoms with van der Waals surface area (Å²) in [4.78, 5) is 26.5. The zero-order valence-corrected chi connectivity index (χ0v) is 22.8. The van der Waals surface area contributed by atoms with Crippen LogP contribution < -0.4 is 10.6 Å². The number of aryl methyl sites for hydroxylation is 2. The van der Waals surface area contributed by atoms with E-state index in [0.717, 1.165) is 0 Å². The normalized spacial score (nSPS) is 11.0. The first-order chi connectivity index (χ1) is 18.7. The number of carbonyl (C=O) groups is 2. The standard InChI is InChI=1S/C24H14Cl4N6O5/c1-9-15(19(31-37-9)17-11(25)5-3-6-12(17)26)23(35)29-21-22(34-39-33-21)30-24(36)16-10(2)38-32-20(16)18-13(27)7-4-8-14(18)28/h3-8H,1-2H3,(H,29,33,35)(H,30,34,36). The highest BCUT2D eigenvalue weighted by Crippen LogP contribution is 2.38. The summed E-state index contributed by atoms with van der Waals surface area (Å²) in [6.07, 6.45) is 0. The molecule has 0 bridgehead atoms. The van der Waals surface area contributed by atoms with Crippen LogP contribution in [0.1, 0.15) is 32.2 Å². The van der Waals surface area contributed by atoms with E-state index in [1.807, 2.05) is 0 Å². The summed E-state index contributed by atoms with van der Waals surface area (Å²) in [6, 6.07) is 9.69. The second-order valence-corrected chi connectivity index (χ2v) is 9.62. The van der Waals surface area contributed by atoms with Crippen molar-refractivity contribution in [3.8, 4) is 22.5 Å². The Morgan fingerprint density at radius 3 is 1.36 bits per heavy atom. The van der Waals surface area contributed by atoms with E-state index in [4.69, 9.17) is 60.1 Å². The summed E-state index contributed by atoms with van der Waals surface area (Å²) in [6.45, 7) is 3.08. The van der Waals surface area contributed by atoms with E-state index in [1.165, 1.54) is 13.8 Å². The molecular weight excluding hydrogens is 594 g/mol. The second kappa shape index (κ2) is 10.7. The zero-order valence-electron chi connectivity index (χ0n) is 19.8. The van der Waals surface area contributed by atoms with Gasteiger partial charge in [0.1, 0.15) is 34.0 Å². The molecule has 0 atom stereocenters. The van der Waals surface area contributed by atoms with Crippen molar-refractivity contribution in [3.05, 3.63) is 79.1 Å². The van der Waals surface area contributed by atoms with Crippen molar-refractivity contribution >= 4 is 69.9 Å². The molecule has 2 amide bonds. The van der Waals surface area contributed by atoms with Gasteiger partial charge in [0.05, 0.1) is 20.1 Å². The van der Waals surface area contributed by atoms with Gasteiger partial charge in [-0.1, -0.05) is 68.8 Å². The Kier molecular flexibility index (Phi) is 7.32. The Morgan fingerprint density at radius 1 is 0.641 bits per heavy atom. The summed E-state index contributed by atoms with van der Waals surface area (Å²) in [5, 5.41) is 21.4. The van der Waals surface area contributed by atoms with Crippen LogP contribution in [0.4, 0.5) is 11.6 Å². The third kappa shape index (κ3) is 4.97. The number of benzene rings is 2. The minimum absolute atomic E-state index is 0.0378. The molecule has 11 nitrogen and oxygen atoms in total. The summed E-state index contributed by atoms with van der Waals surface area (Å²) in [7, 11) is 0. The first kappa shape index (κ1) is 26.7. The molecule has 0 radical (unpaired) electrons. The van der Waals surface area contributed by atoms with Crippen LogP contribution in [-0.4, -0.2) is 32.4 Å². The van der Waals surface area contributed by atoms with Crippen LogP contribution in [0.15, 0.2) is 50.1 Å². The summed E-state index contributed by atoms with van der Waals surface area (Å²) >= 11 is 25.2. The fourth-order valence-corrected chi connectivity index (χ4v) is 4.91. The third-order valence-corrected chi connectivity index (χ3v) is 6.79. The number of nitrogens with one attached hydrogen (secondary N) is 2. The molecule has 39 heavy (non-hydrogen) atoms. The topological polar surface area (TPSA) is 149 Å². The average Bonchev–Trinajstić information content (AvgIpc) is 3.58. The van der Waals surface area contributed by atoms with Gasteiger partial charge in [-0.2, -0.15) is 0 Å². The van der Waals surface area contributed by atoms with Gasteiger partial charge in [-0.15, -0.1) is 0 Å². The molecule has 2 N–H and O–H groups in total. The Morgan fingerprint density at radius 2 is 1.00 bits per heavy atom. The van der Waals surface area contributed by atoms with E-state index in [1.54, 1.807) is 36.4 Å². The van der Waals surface area contributed by atoms with Gasteiger partial charge in [-0.05, 0) is 48.4 Å². The predicted octanol–water partition coefficient (Wildman–Crippen LogP) is 7.11. The van der Waals surface area contributed by atoms with Crippen molar-refractivity contribution in [3.63, 3.8) is 0 Å². The zero-order chi connectivity index (χ0) is 27.8. The highest BCUT2D eigenvalue weighted by Gasteiger charge is 2.29. The Bertz CT molecular complexity index is 1580. The van der Waals surface area contributed by atoms with E-state index in [2.05, 4.69) is 31.3 Å². The smallest absolute Gasteiger partial charge is 0.262 e. The number of anilines is 2. The maximum Gasteiger partial charge on any atom is 0.262 e. The quantitative estimate of drug-likeness (QED) is 0.206. The first-order valence-electron chi connectivity index (χ1n) is 10.9. The number of carbonyl (C=O) groups excluding carboxylic acids is 2. The first-order valence-corrected chi connectivity index (χ1v) is 12.4. The average molecular weight is 608 g/mol. The molecule has 15 heteroatoms. The molecule has 0 fully saturated rings. The van der Waals surface area contributed by atoms with Crippen molar-refractivity contribution in [2.24, 2.45) is 0 Å². The number of hydrogen-bond acceptors (Lipinski definition) is 9. The molecule has 0 aliphatic heterocycles. The minimum atomic E-state index is -0.698. The lowest BCUT2D eigenvalue weighted by molar-refractivity contribution is 0.101. The van der Waals surface area contributed by atoms with E-state index in [0.29, 0.717) is 11.1 Å². The maximum atomic E-state index is 13.3. The van der Waals surface area contributed by atoms with Gasteiger partial charge in [-0.3, -0.25) is 9.59 Å².